The van der Waals surface area contributed by atoms with E-state index in [0.717, 1.165) is 36.8 Å². The smallest absolute Gasteiger partial charge is 0.0994 e. The molecule has 1 aromatic carbocycles. The maximum atomic E-state index is 11.0. The zero-order chi connectivity index (χ0) is 13.5. The van der Waals surface area contributed by atoms with Crippen molar-refractivity contribution in [2.75, 3.05) is 0 Å². The monoisotopic (exact) mass is 256 g/mol. The van der Waals surface area contributed by atoms with Gasteiger partial charge in [-0.1, -0.05) is 18.6 Å². The lowest BCUT2D eigenvalue weighted by Crippen LogP contribution is -2.54. The number of nitrogens with zero attached hydrogens (tertiary/aromatic N) is 1. The summed E-state index contributed by atoms with van der Waals surface area (Å²) in [4.78, 5) is 0. The van der Waals surface area contributed by atoms with Crippen molar-refractivity contribution in [1.29, 1.82) is 5.26 Å². The van der Waals surface area contributed by atoms with Gasteiger partial charge in [0, 0.05) is 12.1 Å². The predicted octanol–water partition coefficient (Wildman–Crippen LogP) is 2.36. The number of hydrogen-bond donors (Lipinski definition) is 2. The molecule has 2 aliphatic heterocycles. The summed E-state index contributed by atoms with van der Waals surface area (Å²) in [5, 5.41) is 23.6. The third-order valence-corrected chi connectivity index (χ3v) is 4.63. The van der Waals surface area contributed by atoms with Crippen molar-refractivity contribution < 1.29 is 5.11 Å². The molecule has 2 aliphatic rings. The number of nitriles is 1. The summed E-state index contributed by atoms with van der Waals surface area (Å²) in [5.74, 6) is 0. The van der Waals surface area contributed by atoms with Crippen molar-refractivity contribution in [2.45, 2.75) is 56.7 Å². The summed E-state index contributed by atoms with van der Waals surface area (Å²) in [6.45, 7) is 1.94. The first kappa shape index (κ1) is 12.7. The van der Waals surface area contributed by atoms with Crippen molar-refractivity contribution in [3.8, 4) is 6.07 Å². The minimum absolute atomic E-state index is 0.438. The molecule has 0 aliphatic carbocycles. The molecule has 2 saturated heterocycles. The van der Waals surface area contributed by atoms with E-state index in [-0.39, 0.29) is 0 Å². The molecule has 2 bridgehead atoms. The maximum absolute atomic E-state index is 11.0. The van der Waals surface area contributed by atoms with Gasteiger partial charge in [-0.25, -0.2) is 0 Å². The van der Waals surface area contributed by atoms with Crippen LogP contribution in [0.1, 0.15) is 48.8 Å². The number of benzene rings is 1. The van der Waals surface area contributed by atoms with Gasteiger partial charge >= 0.3 is 0 Å². The van der Waals surface area contributed by atoms with E-state index in [9.17, 15) is 5.11 Å². The Balaban J connectivity index is 1.92. The van der Waals surface area contributed by atoms with Crippen molar-refractivity contribution in [1.82, 2.24) is 5.32 Å². The summed E-state index contributed by atoms with van der Waals surface area (Å²) in [6, 6.07) is 8.80. The minimum atomic E-state index is -0.722. The normalized spacial score (nSPS) is 33.7. The number of aliphatic hydroxyl groups is 1. The average Bonchev–Trinajstić information content (AvgIpc) is 2.38. The molecule has 100 valence electrons. The van der Waals surface area contributed by atoms with Crippen LogP contribution >= 0.6 is 0 Å². The molecule has 2 heterocycles. The molecule has 1 aromatic rings. The Morgan fingerprint density at radius 3 is 2.58 bits per heavy atom. The van der Waals surface area contributed by atoms with E-state index in [2.05, 4.69) is 11.4 Å². The fraction of sp³-hybridized carbons (Fsp3) is 0.562. The predicted molar refractivity (Wildman–Crippen MR) is 73.6 cm³/mol. The molecule has 2 N–H and O–H groups in total. The van der Waals surface area contributed by atoms with E-state index in [1.54, 1.807) is 0 Å². The fourth-order valence-electron chi connectivity index (χ4n) is 3.65. The first-order valence-electron chi connectivity index (χ1n) is 7.10. The van der Waals surface area contributed by atoms with Crippen LogP contribution < -0.4 is 5.32 Å². The maximum Gasteiger partial charge on any atom is 0.0994 e. The lowest BCUT2D eigenvalue weighted by Gasteiger charge is -2.45. The van der Waals surface area contributed by atoms with Gasteiger partial charge in [-0.15, -0.1) is 0 Å². The number of nitrogens with one attached hydrogen (secondary N) is 1. The van der Waals surface area contributed by atoms with Crippen LogP contribution in [0, 0.1) is 18.3 Å². The molecule has 0 radical (unpaired) electrons. The fourth-order valence-corrected chi connectivity index (χ4v) is 3.65. The van der Waals surface area contributed by atoms with Gasteiger partial charge in [0.15, 0.2) is 0 Å². The van der Waals surface area contributed by atoms with Crippen molar-refractivity contribution in [2.24, 2.45) is 0 Å². The quantitative estimate of drug-likeness (QED) is 0.811. The van der Waals surface area contributed by atoms with Crippen molar-refractivity contribution >= 4 is 0 Å². The Kier molecular flexibility index (Phi) is 3.08. The summed E-state index contributed by atoms with van der Waals surface area (Å²) < 4.78 is 0. The van der Waals surface area contributed by atoms with Crippen LogP contribution in [0.5, 0.6) is 0 Å². The molecule has 2 unspecified atom stereocenters. The molecule has 3 heteroatoms. The molecule has 3 rings (SSSR count). The lowest BCUT2D eigenvalue weighted by molar-refractivity contribution is -0.0359. The van der Waals surface area contributed by atoms with Gasteiger partial charge < -0.3 is 10.4 Å². The first-order valence-corrected chi connectivity index (χ1v) is 7.10. The topological polar surface area (TPSA) is 56.0 Å². The van der Waals surface area contributed by atoms with Gasteiger partial charge in [0.2, 0.25) is 0 Å². The van der Waals surface area contributed by atoms with Gasteiger partial charge in [0.05, 0.1) is 17.2 Å². The van der Waals surface area contributed by atoms with Crippen molar-refractivity contribution in [3.05, 3.63) is 34.9 Å². The molecule has 3 nitrogen and oxygen atoms in total. The SMILES string of the molecule is Cc1cc(C2(O)CC3CCCC(C2)N3)ccc1C#N. The summed E-state index contributed by atoms with van der Waals surface area (Å²) >= 11 is 0. The highest BCUT2D eigenvalue weighted by Crippen LogP contribution is 2.39. The molecule has 0 aromatic heterocycles. The number of rotatable bonds is 1. The van der Waals surface area contributed by atoms with Crippen LogP contribution in [-0.2, 0) is 5.60 Å². The number of piperidine rings is 2. The van der Waals surface area contributed by atoms with Gasteiger partial charge in [-0.2, -0.15) is 5.26 Å². The average molecular weight is 256 g/mol. The van der Waals surface area contributed by atoms with Crippen molar-refractivity contribution in [3.63, 3.8) is 0 Å². The lowest BCUT2D eigenvalue weighted by atomic mass is 9.73. The molecule has 19 heavy (non-hydrogen) atoms. The Labute approximate surface area is 114 Å². The van der Waals surface area contributed by atoms with E-state index in [1.807, 2.05) is 25.1 Å². The third kappa shape index (κ3) is 2.27. The molecule has 2 atom stereocenters. The van der Waals surface area contributed by atoms with Gasteiger partial charge in [0.25, 0.3) is 0 Å². The van der Waals surface area contributed by atoms with E-state index in [0.29, 0.717) is 17.6 Å². The summed E-state index contributed by atoms with van der Waals surface area (Å²) in [6.07, 6.45) is 5.16. The second-order valence-electron chi connectivity index (χ2n) is 6.07. The Morgan fingerprint density at radius 2 is 2.00 bits per heavy atom. The van der Waals surface area contributed by atoms with Crippen LogP contribution in [0.25, 0.3) is 0 Å². The van der Waals surface area contributed by atoms with E-state index in [4.69, 9.17) is 5.26 Å². The molecule has 0 spiro atoms. The van der Waals surface area contributed by atoms with Gasteiger partial charge in [0.1, 0.15) is 0 Å². The van der Waals surface area contributed by atoms with Crippen LogP contribution in [-0.4, -0.2) is 17.2 Å². The third-order valence-electron chi connectivity index (χ3n) is 4.63. The van der Waals surface area contributed by atoms with Crippen LogP contribution in [0.4, 0.5) is 0 Å². The van der Waals surface area contributed by atoms with Crippen LogP contribution in [0.15, 0.2) is 18.2 Å². The van der Waals surface area contributed by atoms with E-state index in [1.165, 1.54) is 6.42 Å². The Morgan fingerprint density at radius 1 is 1.32 bits per heavy atom. The highest BCUT2D eigenvalue weighted by atomic mass is 16.3. The second-order valence-corrected chi connectivity index (χ2v) is 6.07. The standard InChI is InChI=1S/C16H20N2O/c1-11-7-13(6-5-12(11)10-17)16(19)8-14-3-2-4-15(9-16)18-14/h5-7,14-15,18-19H,2-4,8-9H2,1H3. The largest absolute Gasteiger partial charge is 0.385 e. The highest BCUT2D eigenvalue weighted by molar-refractivity contribution is 5.41. The molecular weight excluding hydrogens is 236 g/mol. The van der Waals surface area contributed by atoms with E-state index < -0.39 is 5.60 Å². The summed E-state index contributed by atoms with van der Waals surface area (Å²) in [7, 11) is 0. The van der Waals surface area contributed by atoms with E-state index >= 15 is 0 Å². The highest BCUT2D eigenvalue weighted by Gasteiger charge is 2.41. The molecular formula is C16H20N2O. The minimum Gasteiger partial charge on any atom is -0.385 e. The second kappa shape index (κ2) is 4.63. The van der Waals surface area contributed by atoms with Crippen LogP contribution in [0.2, 0.25) is 0 Å². The number of fused-ring (bicyclic) bond motifs is 2. The molecule has 0 saturated carbocycles. The zero-order valence-corrected chi connectivity index (χ0v) is 11.3. The Bertz CT molecular complexity index is 520. The number of hydrogen-bond acceptors (Lipinski definition) is 3. The Hall–Kier alpha value is -1.37. The number of aryl methyl sites for hydroxylation is 1. The van der Waals surface area contributed by atoms with Gasteiger partial charge in [-0.05, 0) is 49.8 Å². The molecule has 0 amide bonds. The van der Waals surface area contributed by atoms with Crippen LogP contribution in [0.3, 0.4) is 0 Å². The summed E-state index contributed by atoms with van der Waals surface area (Å²) in [5.41, 5.74) is 1.90. The zero-order valence-electron chi connectivity index (χ0n) is 11.3. The first-order chi connectivity index (χ1) is 9.10. The molecule has 2 fully saturated rings. The van der Waals surface area contributed by atoms with Gasteiger partial charge in [-0.3, -0.25) is 0 Å².